The molecule has 4 rings (SSSR count). The minimum atomic E-state index is -0.473. The number of hydrogen-bond acceptors (Lipinski definition) is 4. The third kappa shape index (κ3) is 2.26. The third-order valence-electron chi connectivity index (χ3n) is 5.55. The van der Waals surface area contributed by atoms with Crippen LogP contribution in [0.1, 0.15) is 29.6 Å². The van der Waals surface area contributed by atoms with Crippen molar-refractivity contribution >= 4 is 11.7 Å². The molecule has 1 aromatic rings. The van der Waals surface area contributed by atoms with Crippen LogP contribution in [0.2, 0.25) is 0 Å². The highest BCUT2D eigenvalue weighted by Gasteiger charge is 2.70. The molecule has 0 aromatic heterocycles. The predicted octanol–water partition coefficient (Wildman–Crippen LogP) is 1.81. The minimum absolute atomic E-state index is 0.0151. The highest BCUT2D eigenvalue weighted by Crippen LogP contribution is 2.65. The van der Waals surface area contributed by atoms with E-state index in [1.54, 1.807) is 7.11 Å². The molecule has 0 unspecified atom stereocenters. The number of nitrogens with one attached hydrogen (secondary N) is 1. The fourth-order valence-electron chi connectivity index (χ4n) is 4.51. The lowest BCUT2D eigenvalue weighted by Gasteiger charge is -2.37. The highest BCUT2D eigenvalue weighted by molar-refractivity contribution is 6.00. The van der Waals surface area contributed by atoms with E-state index in [4.69, 9.17) is 9.47 Å². The molecule has 1 amide bonds. The van der Waals surface area contributed by atoms with Crippen molar-refractivity contribution in [1.82, 2.24) is 5.32 Å². The van der Waals surface area contributed by atoms with Crippen molar-refractivity contribution in [2.75, 3.05) is 20.3 Å². The molecule has 2 aliphatic carbocycles. The average Bonchev–Trinajstić information content (AvgIpc) is 3.20. The molecule has 1 N–H and O–H groups in total. The maximum absolute atomic E-state index is 12.5. The quantitative estimate of drug-likeness (QED) is 0.861. The van der Waals surface area contributed by atoms with Gasteiger partial charge in [-0.25, -0.2) is 0 Å². The number of fused-ring (bicyclic) bond motifs is 3. The molecule has 1 heterocycles. The normalized spacial score (nSPS) is 33.8. The number of carbonyl (C=O) groups excluding carboxylic acids is 2. The van der Waals surface area contributed by atoms with Gasteiger partial charge in [0.1, 0.15) is 11.4 Å². The molecule has 1 aliphatic heterocycles. The van der Waals surface area contributed by atoms with Crippen LogP contribution in [0.4, 0.5) is 0 Å². The maximum Gasteiger partial charge on any atom is 0.223 e. The minimum Gasteiger partial charge on any atom is -0.486 e. The van der Waals surface area contributed by atoms with Crippen molar-refractivity contribution in [3.8, 4) is 5.75 Å². The smallest absolute Gasteiger partial charge is 0.223 e. The Bertz CT molecular complexity index is 658. The summed E-state index contributed by atoms with van der Waals surface area (Å²) in [4.78, 5) is 24.8. The van der Waals surface area contributed by atoms with E-state index >= 15 is 0 Å². The van der Waals surface area contributed by atoms with E-state index in [1.165, 1.54) is 0 Å². The number of benzene rings is 1. The first-order valence-electron chi connectivity index (χ1n) is 8.24. The van der Waals surface area contributed by atoms with Crippen molar-refractivity contribution in [3.63, 3.8) is 0 Å². The Kier molecular flexibility index (Phi) is 3.41. The topological polar surface area (TPSA) is 64.6 Å². The molecule has 0 bridgehead atoms. The Morgan fingerprint density at radius 2 is 2.26 bits per heavy atom. The van der Waals surface area contributed by atoms with Crippen LogP contribution in [0, 0.1) is 17.8 Å². The number of carbonyl (C=O) groups is 2. The number of rotatable bonds is 4. The summed E-state index contributed by atoms with van der Waals surface area (Å²) >= 11 is 0. The first kappa shape index (κ1) is 14.7. The SMILES string of the molecule is COCCNC(=O)[C@@H]1[C@@H]2CC[C@]3(CC(=O)c4ccccc4O3)[C@@H]21. The number of Topliss-reactive ketones (excluding diaryl/α,β-unsaturated/α-hetero) is 1. The molecule has 2 saturated carbocycles. The molecule has 5 heteroatoms. The number of ketones is 1. The average molecular weight is 315 g/mol. The van der Waals surface area contributed by atoms with Crippen LogP contribution in [0.25, 0.3) is 0 Å². The van der Waals surface area contributed by atoms with Gasteiger partial charge in [-0.3, -0.25) is 9.59 Å². The fourth-order valence-corrected chi connectivity index (χ4v) is 4.51. The van der Waals surface area contributed by atoms with E-state index in [0.717, 1.165) is 12.8 Å². The van der Waals surface area contributed by atoms with Crippen LogP contribution in [0.15, 0.2) is 24.3 Å². The molecule has 5 nitrogen and oxygen atoms in total. The van der Waals surface area contributed by atoms with Gasteiger partial charge in [-0.1, -0.05) is 12.1 Å². The Morgan fingerprint density at radius 3 is 3.09 bits per heavy atom. The fraction of sp³-hybridized carbons (Fsp3) is 0.556. The highest BCUT2D eigenvalue weighted by atomic mass is 16.5. The monoisotopic (exact) mass is 315 g/mol. The van der Waals surface area contributed by atoms with Crippen molar-refractivity contribution in [2.24, 2.45) is 17.8 Å². The summed E-state index contributed by atoms with van der Waals surface area (Å²) in [5, 5.41) is 2.92. The third-order valence-corrected chi connectivity index (χ3v) is 5.55. The molecule has 2 fully saturated rings. The Labute approximate surface area is 135 Å². The number of ether oxygens (including phenoxy) is 2. The van der Waals surface area contributed by atoms with Gasteiger partial charge in [0.05, 0.1) is 18.6 Å². The summed E-state index contributed by atoms with van der Waals surface area (Å²) in [5.74, 6) is 1.40. The van der Waals surface area contributed by atoms with Gasteiger partial charge in [0.25, 0.3) is 0 Å². The lowest BCUT2D eigenvalue weighted by atomic mass is 9.84. The summed E-state index contributed by atoms with van der Waals surface area (Å²) in [5.41, 5.74) is 0.197. The van der Waals surface area contributed by atoms with Crippen LogP contribution in [-0.2, 0) is 9.53 Å². The van der Waals surface area contributed by atoms with E-state index in [0.29, 0.717) is 36.8 Å². The molecule has 1 aromatic carbocycles. The zero-order chi connectivity index (χ0) is 16.0. The zero-order valence-corrected chi connectivity index (χ0v) is 13.2. The van der Waals surface area contributed by atoms with Crippen molar-refractivity contribution in [1.29, 1.82) is 0 Å². The Morgan fingerprint density at radius 1 is 1.43 bits per heavy atom. The van der Waals surface area contributed by atoms with Crippen LogP contribution < -0.4 is 10.1 Å². The second-order valence-electron chi connectivity index (χ2n) is 6.80. The Balaban J connectivity index is 1.51. The number of methoxy groups -OCH3 is 1. The Hall–Kier alpha value is -1.88. The first-order chi connectivity index (χ1) is 11.2. The van der Waals surface area contributed by atoms with Crippen molar-refractivity contribution in [3.05, 3.63) is 29.8 Å². The molecular formula is C18H21NO4. The number of amides is 1. The molecule has 122 valence electrons. The zero-order valence-electron chi connectivity index (χ0n) is 13.2. The van der Waals surface area contributed by atoms with E-state index in [9.17, 15) is 9.59 Å². The molecule has 4 atom stereocenters. The second kappa shape index (κ2) is 5.34. The summed E-state index contributed by atoms with van der Waals surface area (Å²) < 4.78 is 11.3. The lowest BCUT2D eigenvalue weighted by Crippen LogP contribution is -2.44. The van der Waals surface area contributed by atoms with Gasteiger partial charge in [0.15, 0.2) is 5.78 Å². The van der Waals surface area contributed by atoms with Gasteiger partial charge in [0, 0.05) is 25.5 Å². The molecule has 3 aliphatic rings. The van der Waals surface area contributed by atoms with Crippen LogP contribution >= 0.6 is 0 Å². The van der Waals surface area contributed by atoms with Crippen LogP contribution in [-0.4, -0.2) is 37.6 Å². The molecule has 23 heavy (non-hydrogen) atoms. The van der Waals surface area contributed by atoms with Crippen molar-refractivity contribution < 1.29 is 19.1 Å². The summed E-state index contributed by atoms with van der Waals surface area (Å²) in [6.45, 7) is 1.04. The van der Waals surface area contributed by atoms with Gasteiger partial charge in [0.2, 0.25) is 5.91 Å². The van der Waals surface area contributed by atoms with Crippen LogP contribution in [0.5, 0.6) is 5.75 Å². The molecule has 0 saturated heterocycles. The largest absolute Gasteiger partial charge is 0.486 e. The van der Waals surface area contributed by atoms with Crippen molar-refractivity contribution in [2.45, 2.75) is 24.9 Å². The molecule has 1 spiro atoms. The van der Waals surface area contributed by atoms with E-state index in [1.807, 2.05) is 24.3 Å². The predicted molar refractivity (Wildman–Crippen MR) is 83.3 cm³/mol. The first-order valence-corrected chi connectivity index (χ1v) is 8.24. The van der Waals surface area contributed by atoms with E-state index in [-0.39, 0.29) is 23.5 Å². The second-order valence-corrected chi connectivity index (χ2v) is 6.80. The summed E-state index contributed by atoms with van der Waals surface area (Å²) in [6.07, 6.45) is 2.22. The summed E-state index contributed by atoms with van der Waals surface area (Å²) in [7, 11) is 1.62. The number of hydrogen-bond donors (Lipinski definition) is 1. The molecular weight excluding hydrogens is 294 g/mol. The van der Waals surface area contributed by atoms with Gasteiger partial charge >= 0.3 is 0 Å². The molecule has 0 radical (unpaired) electrons. The van der Waals surface area contributed by atoms with Gasteiger partial charge in [-0.2, -0.15) is 0 Å². The number of para-hydroxylation sites is 1. The van der Waals surface area contributed by atoms with Gasteiger partial charge in [-0.15, -0.1) is 0 Å². The van der Waals surface area contributed by atoms with E-state index < -0.39 is 5.60 Å². The van der Waals surface area contributed by atoms with Gasteiger partial charge in [-0.05, 0) is 30.9 Å². The van der Waals surface area contributed by atoms with Crippen LogP contribution in [0.3, 0.4) is 0 Å². The maximum atomic E-state index is 12.5. The summed E-state index contributed by atoms with van der Waals surface area (Å²) in [6, 6.07) is 7.43. The lowest BCUT2D eigenvalue weighted by molar-refractivity contribution is -0.124. The van der Waals surface area contributed by atoms with Gasteiger partial charge < -0.3 is 14.8 Å². The standard InChI is InChI=1S/C18H21NO4/c1-22-9-8-19-17(21)15-12-6-7-18(16(12)15)10-13(20)11-4-2-3-5-14(11)23-18/h2-5,12,15-16H,6-10H2,1H3,(H,19,21)/t12-,15+,16-,18-/m0/s1. The van der Waals surface area contributed by atoms with E-state index in [2.05, 4.69) is 5.32 Å².